The first-order valence-corrected chi connectivity index (χ1v) is 8.92. The van der Waals surface area contributed by atoms with E-state index in [0.29, 0.717) is 23.7 Å². The number of carboxylic acids is 1. The lowest BCUT2D eigenvalue weighted by Gasteiger charge is -2.18. The molecule has 1 atom stereocenters. The maximum atomic E-state index is 12.7. The smallest absolute Gasteiger partial charge is 0.341 e. The first-order valence-electron chi connectivity index (χ1n) is 8.92. The number of carboxylic acid groups (broad SMARTS) is 1. The SMILES string of the molecule is CCOc1cc(C(=O)NC(C)c2cc(C)ccc2OC)ccc1OCC(=O)O. The van der Waals surface area contributed by atoms with Gasteiger partial charge in [0.05, 0.1) is 19.8 Å². The fourth-order valence-corrected chi connectivity index (χ4v) is 2.73. The van der Waals surface area contributed by atoms with Crippen LogP contribution in [0.25, 0.3) is 0 Å². The van der Waals surface area contributed by atoms with Gasteiger partial charge in [0.1, 0.15) is 5.75 Å². The molecule has 2 rings (SSSR count). The van der Waals surface area contributed by atoms with Crippen LogP contribution in [-0.4, -0.2) is 37.3 Å². The highest BCUT2D eigenvalue weighted by atomic mass is 16.5. The first-order chi connectivity index (χ1) is 13.3. The van der Waals surface area contributed by atoms with E-state index in [-0.39, 0.29) is 17.7 Å². The molecule has 0 bridgehead atoms. The molecular weight excluding hydrogens is 362 g/mol. The molecule has 7 nitrogen and oxygen atoms in total. The van der Waals surface area contributed by atoms with Gasteiger partial charge in [-0.25, -0.2) is 4.79 Å². The molecule has 1 amide bonds. The molecule has 0 aromatic heterocycles. The summed E-state index contributed by atoms with van der Waals surface area (Å²) in [6, 6.07) is 10.1. The molecule has 7 heteroatoms. The Bertz CT molecular complexity index is 849. The Morgan fingerprint density at radius 1 is 1.07 bits per heavy atom. The standard InChI is InChI=1S/C21H25NO6/c1-5-27-19-11-15(7-9-18(19)28-12-20(23)24)21(25)22-14(3)16-10-13(2)6-8-17(16)26-4/h6-11,14H,5,12H2,1-4H3,(H,22,25)(H,23,24). The van der Waals surface area contributed by atoms with Gasteiger partial charge in [0.25, 0.3) is 5.91 Å². The lowest BCUT2D eigenvalue weighted by molar-refractivity contribution is -0.139. The van der Waals surface area contributed by atoms with Gasteiger partial charge in [-0.05, 0) is 45.0 Å². The maximum absolute atomic E-state index is 12.7. The highest BCUT2D eigenvalue weighted by molar-refractivity contribution is 5.95. The van der Waals surface area contributed by atoms with Gasteiger partial charge in [0.15, 0.2) is 18.1 Å². The summed E-state index contributed by atoms with van der Waals surface area (Å²) < 4.78 is 16.1. The molecule has 0 spiro atoms. The molecule has 2 N–H and O–H groups in total. The molecule has 0 saturated carbocycles. The molecular formula is C21H25NO6. The summed E-state index contributed by atoms with van der Waals surface area (Å²) in [5.74, 6) is -0.0933. The topological polar surface area (TPSA) is 94.1 Å². The van der Waals surface area contributed by atoms with Gasteiger partial charge in [-0.2, -0.15) is 0 Å². The largest absolute Gasteiger partial charge is 0.496 e. The van der Waals surface area contributed by atoms with Gasteiger partial charge < -0.3 is 24.6 Å². The normalized spacial score (nSPS) is 11.4. The Morgan fingerprint density at radius 3 is 2.43 bits per heavy atom. The average Bonchev–Trinajstić information content (AvgIpc) is 2.66. The zero-order valence-corrected chi connectivity index (χ0v) is 16.4. The summed E-state index contributed by atoms with van der Waals surface area (Å²) in [5, 5.41) is 11.7. The number of methoxy groups -OCH3 is 1. The number of carbonyl (C=O) groups excluding carboxylic acids is 1. The lowest BCUT2D eigenvalue weighted by atomic mass is 10.0. The van der Waals surface area contributed by atoms with Crippen LogP contribution in [0.15, 0.2) is 36.4 Å². The maximum Gasteiger partial charge on any atom is 0.341 e. The van der Waals surface area contributed by atoms with E-state index in [0.717, 1.165) is 11.1 Å². The number of hydrogen-bond donors (Lipinski definition) is 2. The number of nitrogens with one attached hydrogen (secondary N) is 1. The van der Waals surface area contributed by atoms with E-state index < -0.39 is 12.6 Å². The van der Waals surface area contributed by atoms with Crippen molar-refractivity contribution in [1.29, 1.82) is 0 Å². The zero-order chi connectivity index (χ0) is 20.7. The molecule has 28 heavy (non-hydrogen) atoms. The van der Waals surface area contributed by atoms with E-state index in [2.05, 4.69) is 5.32 Å². The minimum Gasteiger partial charge on any atom is -0.496 e. The summed E-state index contributed by atoms with van der Waals surface area (Å²) in [4.78, 5) is 23.4. The van der Waals surface area contributed by atoms with Crippen molar-refractivity contribution in [3.05, 3.63) is 53.1 Å². The molecule has 0 aliphatic rings. The van der Waals surface area contributed by atoms with Gasteiger partial charge in [-0.15, -0.1) is 0 Å². The second-order valence-electron chi connectivity index (χ2n) is 6.22. The number of aryl methyl sites for hydroxylation is 1. The van der Waals surface area contributed by atoms with E-state index in [1.165, 1.54) is 12.1 Å². The van der Waals surface area contributed by atoms with Crippen molar-refractivity contribution in [2.24, 2.45) is 0 Å². The van der Waals surface area contributed by atoms with Crippen LogP contribution in [0.4, 0.5) is 0 Å². The zero-order valence-electron chi connectivity index (χ0n) is 16.4. The average molecular weight is 387 g/mol. The molecule has 2 aromatic carbocycles. The van der Waals surface area contributed by atoms with Crippen LogP contribution in [0.3, 0.4) is 0 Å². The third-order valence-corrected chi connectivity index (χ3v) is 4.06. The number of ether oxygens (including phenoxy) is 3. The predicted octanol–water partition coefficient (Wildman–Crippen LogP) is 3.36. The highest BCUT2D eigenvalue weighted by Gasteiger charge is 2.17. The number of rotatable bonds is 9. The second kappa shape index (κ2) is 9.64. The van der Waals surface area contributed by atoms with Crippen LogP contribution in [0.2, 0.25) is 0 Å². The Hall–Kier alpha value is -3.22. The van der Waals surface area contributed by atoms with Gasteiger partial charge in [0, 0.05) is 11.1 Å². The number of amides is 1. The van der Waals surface area contributed by atoms with Gasteiger partial charge in [-0.1, -0.05) is 17.7 Å². The third kappa shape index (κ3) is 5.39. The van der Waals surface area contributed by atoms with Crippen molar-refractivity contribution in [2.45, 2.75) is 26.8 Å². The molecule has 0 radical (unpaired) electrons. The van der Waals surface area contributed by atoms with Crippen molar-refractivity contribution in [1.82, 2.24) is 5.32 Å². The number of hydrogen-bond acceptors (Lipinski definition) is 5. The van der Waals surface area contributed by atoms with Gasteiger partial charge >= 0.3 is 5.97 Å². The van der Waals surface area contributed by atoms with Crippen molar-refractivity contribution in [3.63, 3.8) is 0 Å². The van der Waals surface area contributed by atoms with Crippen LogP contribution < -0.4 is 19.5 Å². The van der Waals surface area contributed by atoms with E-state index in [1.54, 1.807) is 20.1 Å². The molecule has 0 saturated heterocycles. The Kier molecular flexibility index (Phi) is 7.26. The summed E-state index contributed by atoms with van der Waals surface area (Å²) in [7, 11) is 1.59. The minimum atomic E-state index is -1.09. The Balaban J connectivity index is 2.20. The predicted molar refractivity (Wildman–Crippen MR) is 104 cm³/mol. The van der Waals surface area contributed by atoms with E-state index >= 15 is 0 Å². The minimum absolute atomic E-state index is 0.272. The molecule has 0 aliphatic heterocycles. The van der Waals surface area contributed by atoms with Crippen LogP contribution in [0.1, 0.15) is 41.4 Å². The number of carbonyl (C=O) groups is 2. The fraction of sp³-hybridized carbons (Fsp3) is 0.333. The summed E-state index contributed by atoms with van der Waals surface area (Å²) in [6.07, 6.45) is 0. The summed E-state index contributed by atoms with van der Waals surface area (Å²) in [5.41, 5.74) is 2.32. The molecule has 0 fully saturated rings. The second-order valence-corrected chi connectivity index (χ2v) is 6.22. The quantitative estimate of drug-likeness (QED) is 0.685. The molecule has 0 aliphatic carbocycles. The number of aliphatic carboxylic acids is 1. The fourth-order valence-electron chi connectivity index (χ4n) is 2.73. The highest BCUT2D eigenvalue weighted by Crippen LogP contribution is 2.30. The van der Waals surface area contributed by atoms with E-state index in [4.69, 9.17) is 19.3 Å². The van der Waals surface area contributed by atoms with Gasteiger partial charge in [0.2, 0.25) is 0 Å². The molecule has 1 unspecified atom stereocenters. The monoisotopic (exact) mass is 387 g/mol. The molecule has 2 aromatic rings. The van der Waals surface area contributed by atoms with Crippen molar-refractivity contribution < 1.29 is 28.9 Å². The Labute approximate surface area is 164 Å². The van der Waals surface area contributed by atoms with Crippen LogP contribution in [0, 0.1) is 6.92 Å². The van der Waals surface area contributed by atoms with E-state index in [9.17, 15) is 9.59 Å². The molecule has 150 valence electrons. The third-order valence-electron chi connectivity index (χ3n) is 4.06. The van der Waals surface area contributed by atoms with Crippen molar-refractivity contribution >= 4 is 11.9 Å². The molecule has 0 heterocycles. The lowest BCUT2D eigenvalue weighted by Crippen LogP contribution is -2.27. The Morgan fingerprint density at radius 2 is 1.79 bits per heavy atom. The van der Waals surface area contributed by atoms with Crippen LogP contribution in [-0.2, 0) is 4.79 Å². The van der Waals surface area contributed by atoms with Gasteiger partial charge in [-0.3, -0.25) is 4.79 Å². The van der Waals surface area contributed by atoms with Crippen LogP contribution >= 0.6 is 0 Å². The summed E-state index contributed by atoms with van der Waals surface area (Å²) >= 11 is 0. The van der Waals surface area contributed by atoms with E-state index in [1.807, 2.05) is 32.0 Å². The first kappa shape index (κ1) is 21.1. The number of benzene rings is 2. The summed E-state index contributed by atoms with van der Waals surface area (Å²) in [6.45, 7) is 5.51. The van der Waals surface area contributed by atoms with Crippen molar-refractivity contribution in [2.75, 3.05) is 20.3 Å². The van der Waals surface area contributed by atoms with Crippen molar-refractivity contribution in [3.8, 4) is 17.2 Å². The van der Waals surface area contributed by atoms with Crippen LogP contribution in [0.5, 0.6) is 17.2 Å².